The minimum atomic E-state index is -0.678. The fourth-order valence-electron chi connectivity index (χ4n) is 4.14. The van der Waals surface area contributed by atoms with E-state index in [-0.39, 0.29) is 35.0 Å². The summed E-state index contributed by atoms with van der Waals surface area (Å²) in [7, 11) is 6.81. The summed E-state index contributed by atoms with van der Waals surface area (Å²) >= 11 is 4.43. The maximum absolute atomic E-state index is 14.7. The normalized spacial score (nSPS) is 11.5. The van der Waals surface area contributed by atoms with Gasteiger partial charge < -0.3 is 19.9 Å². The molecule has 37 heavy (non-hydrogen) atoms. The standard InChI is InChI=1S/C25H24FN7O3S/c1-30(2)13-20(34)31(3)14-8-9-19(36-4)18(12-14)28-25-29-22-15(10-11-32(22)37)23-27-17-7-5-6-16(26)21(17)24(35)33(23)25/h5-12,37H,13H2,1-4H3,(H,28,29). The molecule has 0 aliphatic rings. The van der Waals surface area contributed by atoms with Gasteiger partial charge in [0.2, 0.25) is 11.9 Å². The van der Waals surface area contributed by atoms with Gasteiger partial charge in [-0.15, -0.1) is 0 Å². The van der Waals surface area contributed by atoms with Gasteiger partial charge in [0.15, 0.2) is 11.3 Å². The van der Waals surface area contributed by atoms with Crippen LogP contribution in [0.5, 0.6) is 5.75 Å². The van der Waals surface area contributed by atoms with Gasteiger partial charge in [0.05, 0.1) is 30.2 Å². The molecule has 5 aromatic rings. The first-order valence-corrected chi connectivity index (χ1v) is 11.7. The number of nitrogens with one attached hydrogen (secondary N) is 1. The van der Waals surface area contributed by atoms with Gasteiger partial charge in [-0.3, -0.25) is 13.6 Å². The van der Waals surface area contributed by atoms with Crippen LogP contribution in [0.15, 0.2) is 53.5 Å². The summed E-state index contributed by atoms with van der Waals surface area (Å²) in [5, 5.41) is 3.56. The van der Waals surface area contributed by atoms with E-state index in [4.69, 9.17) is 4.74 Å². The second kappa shape index (κ2) is 9.37. The third-order valence-electron chi connectivity index (χ3n) is 5.99. The Morgan fingerprint density at radius 3 is 2.65 bits per heavy atom. The summed E-state index contributed by atoms with van der Waals surface area (Å²) in [6, 6.07) is 11.2. The minimum absolute atomic E-state index is 0.0804. The number of methoxy groups -OCH3 is 1. The van der Waals surface area contributed by atoms with E-state index in [9.17, 15) is 14.0 Å². The lowest BCUT2D eigenvalue weighted by molar-refractivity contribution is -0.118. The van der Waals surface area contributed by atoms with Crippen molar-refractivity contribution in [3.8, 4) is 5.75 Å². The number of carbonyl (C=O) groups is 1. The molecule has 10 nitrogen and oxygen atoms in total. The highest BCUT2D eigenvalue weighted by Gasteiger charge is 2.20. The van der Waals surface area contributed by atoms with Crippen molar-refractivity contribution < 1.29 is 13.9 Å². The molecule has 0 atom stereocenters. The van der Waals surface area contributed by atoms with Gasteiger partial charge in [0.1, 0.15) is 17.0 Å². The van der Waals surface area contributed by atoms with Gasteiger partial charge in [-0.1, -0.05) is 18.9 Å². The van der Waals surface area contributed by atoms with Crippen LogP contribution in [-0.4, -0.2) is 63.9 Å². The minimum Gasteiger partial charge on any atom is -0.495 e. The number of rotatable bonds is 6. The number of hydrogen-bond donors (Lipinski definition) is 2. The Morgan fingerprint density at radius 2 is 1.92 bits per heavy atom. The molecule has 0 unspecified atom stereocenters. The lowest BCUT2D eigenvalue weighted by atomic mass is 10.2. The van der Waals surface area contributed by atoms with Crippen LogP contribution >= 0.6 is 12.8 Å². The SMILES string of the molecule is COc1ccc(N(C)C(=O)CN(C)C)cc1Nc1nc2c(ccn2S)c2nc3cccc(F)c3c(=O)n12. The molecule has 5 rings (SSSR count). The Kier molecular flexibility index (Phi) is 6.21. The molecule has 0 saturated carbocycles. The molecule has 0 radical (unpaired) electrons. The van der Waals surface area contributed by atoms with Crippen LogP contribution in [0.3, 0.4) is 0 Å². The summed E-state index contributed by atoms with van der Waals surface area (Å²) in [4.78, 5) is 38.7. The summed E-state index contributed by atoms with van der Waals surface area (Å²) in [6.07, 6.45) is 1.68. The van der Waals surface area contributed by atoms with Crippen LogP contribution in [0.2, 0.25) is 0 Å². The van der Waals surface area contributed by atoms with Gasteiger partial charge in [0, 0.05) is 18.9 Å². The molecule has 3 heterocycles. The molecule has 12 heteroatoms. The first-order chi connectivity index (χ1) is 17.7. The number of benzene rings is 2. The molecular weight excluding hydrogens is 497 g/mol. The van der Waals surface area contributed by atoms with Crippen molar-refractivity contribution in [1.82, 2.24) is 23.2 Å². The fourth-order valence-corrected chi connectivity index (χ4v) is 4.36. The van der Waals surface area contributed by atoms with Crippen molar-refractivity contribution in [1.29, 1.82) is 0 Å². The number of hydrogen-bond acceptors (Lipinski definition) is 8. The molecule has 3 aromatic heterocycles. The predicted octanol–water partition coefficient (Wildman–Crippen LogP) is 3.31. The van der Waals surface area contributed by atoms with Gasteiger partial charge in [-0.25, -0.2) is 13.8 Å². The number of carbonyl (C=O) groups excluding carboxylic acids is 1. The van der Waals surface area contributed by atoms with Gasteiger partial charge in [-0.05, 0) is 50.5 Å². The highest BCUT2D eigenvalue weighted by molar-refractivity contribution is 7.78. The molecule has 0 bridgehead atoms. The number of amides is 1. The number of ether oxygens (including phenoxy) is 1. The monoisotopic (exact) mass is 521 g/mol. The van der Waals surface area contributed by atoms with Crippen LogP contribution in [-0.2, 0) is 4.79 Å². The van der Waals surface area contributed by atoms with Crippen molar-refractivity contribution in [2.75, 3.05) is 45.0 Å². The van der Waals surface area contributed by atoms with Crippen molar-refractivity contribution in [3.05, 3.63) is 64.8 Å². The Hall–Kier alpha value is -4.16. The van der Waals surface area contributed by atoms with E-state index in [1.807, 2.05) is 14.1 Å². The first-order valence-electron chi connectivity index (χ1n) is 11.3. The van der Waals surface area contributed by atoms with Crippen molar-refractivity contribution in [2.24, 2.45) is 0 Å². The Labute approximate surface area is 216 Å². The molecule has 1 amide bonds. The zero-order valence-corrected chi connectivity index (χ0v) is 21.5. The van der Waals surface area contributed by atoms with Crippen LogP contribution in [0.25, 0.3) is 27.6 Å². The van der Waals surface area contributed by atoms with Crippen molar-refractivity contribution in [2.45, 2.75) is 0 Å². The lowest BCUT2D eigenvalue weighted by Gasteiger charge is -2.21. The Morgan fingerprint density at radius 1 is 1.14 bits per heavy atom. The number of halogens is 1. The zero-order valence-electron chi connectivity index (χ0n) is 20.6. The largest absolute Gasteiger partial charge is 0.495 e. The van der Waals surface area contributed by atoms with E-state index in [1.165, 1.54) is 32.5 Å². The molecule has 2 aromatic carbocycles. The van der Waals surface area contributed by atoms with E-state index >= 15 is 0 Å². The summed E-state index contributed by atoms with van der Waals surface area (Å²) in [6.45, 7) is 0.229. The first kappa shape index (κ1) is 24.5. The number of aromatic nitrogens is 4. The van der Waals surface area contributed by atoms with Gasteiger partial charge >= 0.3 is 0 Å². The molecule has 0 aliphatic heterocycles. The second-order valence-electron chi connectivity index (χ2n) is 8.74. The van der Waals surface area contributed by atoms with E-state index in [2.05, 4.69) is 28.1 Å². The molecule has 0 aliphatic carbocycles. The number of fused-ring (bicyclic) bond motifs is 4. The van der Waals surface area contributed by atoms with Crippen LogP contribution in [0.4, 0.5) is 21.7 Å². The average molecular weight is 522 g/mol. The highest BCUT2D eigenvalue weighted by atomic mass is 32.1. The average Bonchev–Trinajstić information content (AvgIpc) is 3.23. The fraction of sp³-hybridized carbons (Fsp3) is 0.200. The Bertz CT molecular complexity index is 1750. The Balaban J connectivity index is 1.73. The quantitative estimate of drug-likeness (QED) is 0.261. The van der Waals surface area contributed by atoms with Gasteiger partial charge in [0.25, 0.3) is 5.56 Å². The van der Waals surface area contributed by atoms with Crippen molar-refractivity contribution in [3.63, 3.8) is 0 Å². The number of thiol groups is 1. The second-order valence-corrected chi connectivity index (χ2v) is 9.17. The number of anilines is 3. The number of nitrogens with zero attached hydrogens (tertiary/aromatic N) is 6. The predicted molar refractivity (Wildman–Crippen MR) is 145 cm³/mol. The summed E-state index contributed by atoms with van der Waals surface area (Å²) in [5.74, 6) is -0.262. The summed E-state index contributed by atoms with van der Waals surface area (Å²) in [5.41, 5.74) is 1.39. The molecule has 0 fully saturated rings. The maximum Gasteiger partial charge on any atom is 0.271 e. The van der Waals surface area contributed by atoms with E-state index in [0.717, 1.165) is 0 Å². The molecular formula is C25H24FN7O3S. The number of likely N-dealkylation sites (N-methyl/N-ethyl adjacent to an activating group) is 2. The van der Waals surface area contributed by atoms with E-state index in [1.54, 1.807) is 48.5 Å². The maximum atomic E-state index is 14.7. The van der Waals surface area contributed by atoms with Crippen LogP contribution in [0.1, 0.15) is 0 Å². The highest BCUT2D eigenvalue weighted by Crippen LogP contribution is 2.33. The molecule has 1 N–H and O–H groups in total. The van der Waals surface area contributed by atoms with E-state index < -0.39 is 11.4 Å². The smallest absolute Gasteiger partial charge is 0.271 e. The third kappa shape index (κ3) is 4.23. The van der Waals surface area contributed by atoms with Crippen LogP contribution < -0.4 is 20.5 Å². The zero-order chi connectivity index (χ0) is 26.4. The summed E-state index contributed by atoms with van der Waals surface area (Å²) < 4.78 is 23.0. The molecule has 190 valence electrons. The van der Waals surface area contributed by atoms with E-state index in [0.29, 0.717) is 28.2 Å². The lowest BCUT2D eigenvalue weighted by Crippen LogP contribution is -2.35. The third-order valence-corrected chi connectivity index (χ3v) is 6.32. The molecule has 0 saturated heterocycles. The van der Waals surface area contributed by atoms with Crippen molar-refractivity contribution >= 4 is 63.6 Å². The van der Waals surface area contributed by atoms with Crippen LogP contribution in [0, 0.1) is 5.82 Å². The topological polar surface area (TPSA) is 97.0 Å². The molecule has 0 spiro atoms. The van der Waals surface area contributed by atoms with Gasteiger partial charge in [-0.2, -0.15) is 4.98 Å².